The fraction of sp³-hybridized carbons (Fsp3) is 0.176. The van der Waals surface area contributed by atoms with Gasteiger partial charge in [0.05, 0.1) is 0 Å². The number of carboxylic acids is 1. The van der Waals surface area contributed by atoms with Crippen LogP contribution < -0.4 is 5.32 Å². The van der Waals surface area contributed by atoms with E-state index in [4.69, 9.17) is 5.11 Å². The van der Waals surface area contributed by atoms with Crippen LogP contribution in [0.1, 0.15) is 22.3 Å². The summed E-state index contributed by atoms with van der Waals surface area (Å²) >= 11 is 1.67. The lowest BCUT2D eigenvalue weighted by atomic mass is 10.2. The zero-order valence-electron chi connectivity index (χ0n) is 12.4. The zero-order valence-corrected chi connectivity index (χ0v) is 13.2. The lowest BCUT2D eigenvalue weighted by molar-refractivity contribution is -0.115. The van der Waals surface area contributed by atoms with Crippen molar-refractivity contribution in [2.75, 3.05) is 11.1 Å². The predicted molar refractivity (Wildman–Crippen MR) is 90.9 cm³/mol. The average Bonchev–Trinajstić information content (AvgIpc) is 2.52. The quantitative estimate of drug-likeness (QED) is 0.677. The number of phenols is 1. The Kier molecular flexibility index (Phi) is 6.05. The molecule has 0 saturated heterocycles. The number of anilines is 1. The minimum Gasteiger partial charge on any atom is -0.507 e. The summed E-state index contributed by atoms with van der Waals surface area (Å²) in [6.07, 6.45) is 0.346. The lowest BCUT2D eigenvalue weighted by Gasteiger charge is -2.07. The van der Waals surface area contributed by atoms with Crippen molar-refractivity contribution < 1.29 is 19.8 Å². The van der Waals surface area contributed by atoms with Gasteiger partial charge in [0, 0.05) is 29.7 Å². The molecule has 5 nitrogen and oxygen atoms in total. The van der Waals surface area contributed by atoms with Gasteiger partial charge in [0.25, 0.3) is 0 Å². The van der Waals surface area contributed by atoms with E-state index in [9.17, 15) is 14.7 Å². The molecule has 0 unspecified atom stereocenters. The van der Waals surface area contributed by atoms with Gasteiger partial charge in [-0.15, -0.1) is 0 Å². The Morgan fingerprint density at radius 3 is 2.48 bits per heavy atom. The number of hydrogen-bond acceptors (Lipinski definition) is 4. The standard InChI is InChI=1S/C17H17NO4S/c19-15-10-13(6-7-14(15)17(21)22)18-16(20)8-9-23-11-12-4-2-1-3-5-12/h1-7,10,19H,8-9,11H2,(H,18,20)(H,21,22). The van der Waals surface area contributed by atoms with Crippen molar-refractivity contribution in [1.82, 2.24) is 0 Å². The van der Waals surface area contributed by atoms with Gasteiger partial charge in [-0.3, -0.25) is 4.79 Å². The molecule has 0 aromatic heterocycles. The third-order valence-electron chi connectivity index (χ3n) is 3.10. The highest BCUT2D eigenvalue weighted by Crippen LogP contribution is 2.22. The van der Waals surface area contributed by atoms with Gasteiger partial charge in [0.2, 0.25) is 5.91 Å². The summed E-state index contributed by atoms with van der Waals surface area (Å²) in [5, 5.41) is 21.0. The second-order valence-electron chi connectivity index (χ2n) is 4.87. The first kappa shape index (κ1) is 16.9. The van der Waals surface area contributed by atoms with Crippen molar-refractivity contribution >= 4 is 29.3 Å². The number of carbonyl (C=O) groups is 2. The molecule has 0 bridgehead atoms. The molecule has 0 heterocycles. The zero-order chi connectivity index (χ0) is 16.7. The Balaban J connectivity index is 1.76. The van der Waals surface area contributed by atoms with Gasteiger partial charge in [0.15, 0.2) is 0 Å². The second kappa shape index (κ2) is 8.24. The number of hydrogen-bond donors (Lipinski definition) is 3. The Labute approximate surface area is 138 Å². The van der Waals surface area contributed by atoms with Crippen molar-refractivity contribution in [2.24, 2.45) is 0 Å². The third kappa shape index (κ3) is 5.34. The van der Waals surface area contributed by atoms with Gasteiger partial charge in [0.1, 0.15) is 11.3 Å². The molecule has 0 saturated carbocycles. The number of thioether (sulfide) groups is 1. The first-order valence-electron chi connectivity index (χ1n) is 7.04. The first-order chi connectivity index (χ1) is 11.1. The molecule has 120 valence electrons. The highest BCUT2D eigenvalue weighted by atomic mass is 32.2. The summed E-state index contributed by atoms with van der Waals surface area (Å²) < 4.78 is 0. The Bertz CT molecular complexity index is 688. The topological polar surface area (TPSA) is 86.6 Å². The molecule has 0 atom stereocenters. The Hall–Kier alpha value is -2.47. The molecule has 0 aliphatic rings. The second-order valence-corrected chi connectivity index (χ2v) is 5.98. The van der Waals surface area contributed by atoms with Crippen LogP contribution in [0.2, 0.25) is 0 Å². The van der Waals surface area contributed by atoms with Gasteiger partial charge in [-0.25, -0.2) is 4.79 Å². The van der Waals surface area contributed by atoms with E-state index in [1.165, 1.54) is 23.8 Å². The van der Waals surface area contributed by atoms with Crippen LogP contribution in [-0.2, 0) is 10.5 Å². The molecule has 0 radical (unpaired) electrons. The fourth-order valence-electron chi connectivity index (χ4n) is 1.94. The number of rotatable bonds is 7. The normalized spacial score (nSPS) is 10.3. The molecular weight excluding hydrogens is 314 g/mol. The number of aromatic hydroxyl groups is 1. The number of aromatic carboxylic acids is 1. The van der Waals surface area contributed by atoms with Crippen molar-refractivity contribution in [3.05, 3.63) is 59.7 Å². The largest absolute Gasteiger partial charge is 0.507 e. The van der Waals surface area contributed by atoms with E-state index >= 15 is 0 Å². The van der Waals surface area contributed by atoms with Crippen LogP contribution in [0.25, 0.3) is 0 Å². The molecular formula is C17H17NO4S. The molecule has 0 aliphatic heterocycles. The third-order valence-corrected chi connectivity index (χ3v) is 4.13. The van der Waals surface area contributed by atoms with E-state index in [2.05, 4.69) is 5.32 Å². The molecule has 0 fully saturated rings. The van der Waals surface area contributed by atoms with E-state index in [1.54, 1.807) is 11.8 Å². The number of nitrogens with one attached hydrogen (secondary N) is 1. The minimum atomic E-state index is -1.21. The van der Waals surface area contributed by atoms with Crippen molar-refractivity contribution in [3.8, 4) is 5.75 Å². The summed E-state index contributed by atoms with van der Waals surface area (Å²) in [7, 11) is 0. The van der Waals surface area contributed by atoms with Gasteiger partial charge in [-0.1, -0.05) is 30.3 Å². The van der Waals surface area contributed by atoms with Crippen LogP contribution in [0, 0.1) is 0 Å². The Morgan fingerprint density at radius 2 is 1.83 bits per heavy atom. The molecule has 2 aromatic rings. The highest BCUT2D eigenvalue weighted by molar-refractivity contribution is 7.98. The molecule has 3 N–H and O–H groups in total. The van der Waals surface area contributed by atoms with Crippen LogP contribution in [0.3, 0.4) is 0 Å². The number of carbonyl (C=O) groups excluding carboxylic acids is 1. The van der Waals surface area contributed by atoms with Crippen LogP contribution in [0.15, 0.2) is 48.5 Å². The summed E-state index contributed by atoms with van der Waals surface area (Å²) in [4.78, 5) is 22.6. The summed E-state index contributed by atoms with van der Waals surface area (Å²) in [6.45, 7) is 0. The smallest absolute Gasteiger partial charge is 0.339 e. The average molecular weight is 331 g/mol. The molecule has 2 aromatic carbocycles. The molecule has 0 aliphatic carbocycles. The van der Waals surface area contributed by atoms with Crippen LogP contribution in [0.4, 0.5) is 5.69 Å². The Morgan fingerprint density at radius 1 is 1.09 bits per heavy atom. The van der Waals surface area contributed by atoms with Crippen molar-refractivity contribution in [2.45, 2.75) is 12.2 Å². The van der Waals surface area contributed by atoms with Gasteiger partial charge in [-0.05, 0) is 17.7 Å². The van der Waals surface area contributed by atoms with Crippen molar-refractivity contribution in [3.63, 3.8) is 0 Å². The van der Waals surface area contributed by atoms with Crippen LogP contribution in [0.5, 0.6) is 5.75 Å². The monoisotopic (exact) mass is 331 g/mol. The number of carboxylic acid groups (broad SMARTS) is 1. The van der Waals surface area contributed by atoms with Crippen LogP contribution >= 0.6 is 11.8 Å². The maximum absolute atomic E-state index is 11.8. The minimum absolute atomic E-state index is 0.173. The first-order valence-corrected chi connectivity index (χ1v) is 8.19. The van der Waals surface area contributed by atoms with Gasteiger partial charge in [-0.2, -0.15) is 11.8 Å². The fourth-order valence-corrected chi connectivity index (χ4v) is 2.85. The number of amides is 1. The van der Waals surface area contributed by atoms with E-state index in [0.717, 1.165) is 5.75 Å². The lowest BCUT2D eigenvalue weighted by Crippen LogP contribution is -2.12. The maximum Gasteiger partial charge on any atom is 0.339 e. The molecule has 0 spiro atoms. The number of benzene rings is 2. The molecule has 2 rings (SSSR count). The van der Waals surface area contributed by atoms with E-state index in [0.29, 0.717) is 17.9 Å². The molecule has 23 heavy (non-hydrogen) atoms. The van der Waals surface area contributed by atoms with E-state index < -0.39 is 5.97 Å². The summed E-state index contributed by atoms with van der Waals surface area (Å²) in [6, 6.07) is 14.0. The highest BCUT2D eigenvalue weighted by Gasteiger charge is 2.10. The van der Waals surface area contributed by atoms with Crippen LogP contribution in [-0.4, -0.2) is 27.8 Å². The summed E-state index contributed by atoms with van der Waals surface area (Å²) in [5.41, 5.74) is 1.40. The summed E-state index contributed by atoms with van der Waals surface area (Å²) in [5.74, 6) is -0.221. The van der Waals surface area contributed by atoms with Gasteiger partial charge < -0.3 is 15.5 Å². The molecule has 1 amide bonds. The maximum atomic E-state index is 11.8. The van der Waals surface area contributed by atoms with E-state index in [1.807, 2.05) is 30.3 Å². The van der Waals surface area contributed by atoms with Crippen molar-refractivity contribution in [1.29, 1.82) is 0 Å². The predicted octanol–water partition coefficient (Wildman–Crippen LogP) is 3.35. The van der Waals surface area contributed by atoms with Gasteiger partial charge >= 0.3 is 5.97 Å². The van der Waals surface area contributed by atoms with E-state index in [-0.39, 0.29) is 17.2 Å². The SMILES string of the molecule is O=C(CCSCc1ccccc1)Nc1ccc(C(=O)O)c(O)c1. The molecule has 6 heteroatoms.